The number of halogens is 3. The summed E-state index contributed by atoms with van der Waals surface area (Å²) in [5.41, 5.74) is 0.0780. The van der Waals surface area contributed by atoms with Crippen LogP contribution in [0, 0.1) is 5.82 Å². The van der Waals surface area contributed by atoms with Gasteiger partial charge in [0.25, 0.3) is 5.91 Å². The lowest BCUT2D eigenvalue weighted by Gasteiger charge is -2.33. The summed E-state index contributed by atoms with van der Waals surface area (Å²) < 4.78 is 18.6. The van der Waals surface area contributed by atoms with Crippen molar-refractivity contribution in [3.05, 3.63) is 63.9 Å². The molecule has 2 aromatic carbocycles. The summed E-state index contributed by atoms with van der Waals surface area (Å²) >= 11 is 12.6. The third-order valence-electron chi connectivity index (χ3n) is 4.45. The zero-order valence-corrected chi connectivity index (χ0v) is 19.6. The first-order valence-corrected chi connectivity index (χ1v) is 10.7. The molecule has 0 saturated heterocycles. The van der Waals surface area contributed by atoms with Gasteiger partial charge in [-0.25, -0.2) is 4.39 Å². The Labute approximate surface area is 192 Å². The van der Waals surface area contributed by atoms with Gasteiger partial charge < -0.3 is 15.0 Å². The quantitative estimate of drug-likeness (QED) is 0.576. The Morgan fingerprint density at radius 3 is 2.19 bits per heavy atom. The van der Waals surface area contributed by atoms with Gasteiger partial charge in [0.2, 0.25) is 5.91 Å². The summed E-state index contributed by atoms with van der Waals surface area (Å²) in [6, 6.07) is 9.66. The largest absolute Gasteiger partial charge is 0.484 e. The van der Waals surface area contributed by atoms with Crippen LogP contribution in [0.4, 0.5) is 4.39 Å². The van der Waals surface area contributed by atoms with Gasteiger partial charge in [0.1, 0.15) is 17.6 Å². The lowest BCUT2D eigenvalue weighted by atomic mass is 10.1. The van der Waals surface area contributed by atoms with E-state index in [1.165, 1.54) is 29.2 Å². The van der Waals surface area contributed by atoms with E-state index in [2.05, 4.69) is 5.32 Å². The van der Waals surface area contributed by atoms with E-state index in [0.29, 0.717) is 27.8 Å². The maximum atomic E-state index is 13.1. The molecule has 0 aromatic heterocycles. The Hall–Kier alpha value is -2.31. The molecule has 2 amide bonds. The SMILES string of the molecule is CC[C@H](C(=O)NC(C)(C)C)N(Cc1c(Cl)cccc1Cl)C(=O)COc1ccc(F)cc1. The molecule has 168 valence electrons. The molecule has 0 saturated carbocycles. The molecule has 8 heteroatoms. The molecule has 31 heavy (non-hydrogen) atoms. The smallest absolute Gasteiger partial charge is 0.261 e. The van der Waals surface area contributed by atoms with Crippen LogP contribution < -0.4 is 10.1 Å². The van der Waals surface area contributed by atoms with E-state index < -0.39 is 23.3 Å². The van der Waals surface area contributed by atoms with Crippen molar-refractivity contribution in [2.75, 3.05) is 6.61 Å². The number of nitrogens with one attached hydrogen (secondary N) is 1. The van der Waals surface area contributed by atoms with Crippen molar-refractivity contribution in [3.63, 3.8) is 0 Å². The molecule has 1 N–H and O–H groups in total. The average Bonchev–Trinajstić information content (AvgIpc) is 2.68. The molecule has 0 spiro atoms. The Bertz CT molecular complexity index is 894. The molecular weight excluding hydrogens is 442 g/mol. The molecule has 0 heterocycles. The number of ether oxygens (including phenoxy) is 1. The van der Waals surface area contributed by atoms with Crippen molar-refractivity contribution in [1.29, 1.82) is 0 Å². The van der Waals surface area contributed by atoms with Gasteiger partial charge in [0, 0.05) is 27.7 Å². The first-order chi connectivity index (χ1) is 14.5. The highest BCUT2D eigenvalue weighted by Crippen LogP contribution is 2.27. The van der Waals surface area contributed by atoms with Gasteiger partial charge in [0.15, 0.2) is 6.61 Å². The van der Waals surface area contributed by atoms with Gasteiger partial charge in [-0.1, -0.05) is 36.2 Å². The second kappa shape index (κ2) is 10.8. The number of carbonyl (C=O) groups excluding carboxylic acids is 2. The predicted molar refractivity (Wildman–Crippen MR) is 121 cm³/mol. The summed E-state index contributed by atoms with van der Waals surface area (Å²) in [5, 5.41) is 3.72. The maximum absolute atomic E-state index is 13.1. The van der Waals surface area contributed by atoms with Crippen LogP contribution in [0.25, 0.3) is 0 Å². The standard InChI is InChI=1S/C23H27Cl2FN2O3/c1-5-20(22(30)27-23(2,3)4)28(13-17-18(24)7-6-8-19(17)25)21(29)14-31-16-11-9-15(26)10-12-16/h6-12,20H,5,13-14H2,1-4H3,(H,27,30)/t20-/m1/s1. The second-order valence-corrected chi connectivity index (χ2v) is 8.94. The zero-order valence-electron chi connectivity index (χ0n) is 18.0. The third-order valence-corrected chi connectivity index (χ3v) is 5.16. The normalized spacial score (nSPS) is 12.2. The minimum absolute atomic E-state index is 0.0419. The highest BCUT2D eigenvalue weighted by Gasteiger charge is 2.31. The van der Waals surface area contributed by atoms with E-state index in [0.717, 1.165) is 0 Å². The maximum Gasteiger partial charge on any atom is 0.261 e. The lowest BCUT2D eigenvalue weighted by molar-refractivity contribution is -0.143. The molecule has 0 aliphatic carbocycles. The van der Waals surface area contributed by atoms with Crippen LogP contribution >= 0.6 is 23.2 Å². The Balaban J connectivity index is 2.29. The van der Waals surface area contributed by atoms with E-state index >= 15 is 0 Å². The summed E-state index contributed by atoms with van der Waals surface area (Å²) in [4.78, 5) is 27.5. The topological polar surface area (TPSA) is 58.6 Å². The van der Waals surface area contributed by atoms with Crippen LogP contribution in [-0.4, -0.2) is 34.9 Å². The predicted octanol–water partition coefficient (Wildman–Crippen LogP) is 5.23. The molecule has 0 aliphatic rings. The zero-order chi connectivity index (χ0) is 23.2. The highest BCUT2D eigenvalue weighted by atomic mass is 35.5. The van der Waals surface area contributed by atoms with Gasteiger partial charge in [0.05, 0.1) is 0 Å². The molecule has 2 aromatic rings. The molecule has 5 nitrogen and oxygen atoms in total. The minimum atomic E-state index is -0.754. The van der Waals surface area contributed by atoms with Crippen molar-refractivity contribution < 1.29 is 18.7 Å². The van der Waals surface area contributed by atoms with Crippen LogP contribution in [0.2, 0.25) is 10.0 Å². The van der Waals surface area contributed by atoms with Crippen molar-refractivity contribution in [2.24, 2.45) is 0 Å². The number of hydrogen-bond donors (Lipinski definition) is 1. The highest BCUT2D eigenvalue weighted by molar-refractivity contribution is 6.36. The van der Waals surface area contributed by atoms with Gasteiger partial charge in [-0.05, 0) is 63.6 Å². The summed E-state index contributed by atoms with van der Waals surface area (Å²) in [6.07, 6.45) is 0.381. The number of amides is 2. The van der Waals surface area contributed by atoms with Crippen LogP contribution in [0.15, 0.2) is 42.5 Å². The molecular formula is C23H27Cl2FN2O3. The molecule has 0 fully saturated rings. The van der Waals surface area contributed by atoms with Gasteiger partial charge >= 0.3 is 0 Å². The fourth-order valence-electron chi connectivity index (χ4n) is 2.98. The van der Waals surface area contributed by atoms with Gasteiger partial charge in [-0.2, -0.15) is 0 Å². The number of carbonyl (C=O) groups is 2. The third kappa shape index (κ3) is 7.40. The van der Waals surface area contributed by atoms with Crippen LogP contribution in [0.1, 0.15) is 39.7 Å². The van der Waals surface area contributed by atoms with Crippen molar-refractivity contribution in [1.82, 2.24) is 10.2 Å². The summed E-state index contributed by atoms with van der Waals surface area (Å²) in [7, 11) is 0. The van der Waals surface area contributed by atoms with E-state index in [1.807, 2.05) is 27.7 Å². The van der Waals surface area contributed by atoms with Crippen LogP contribution in [0.3, 0.4) is 0 Å². The monoisotopic (exact) mass is 468 g/mol. The lowest BCUT2D eigenvalue weighted by Crippen LogP contribution is -2.54. The Morgan fingerprint density at radius 2 is 1.68 bits per heavy atom. The van der Waals surface area contributed by atoms with Gasteiger partial charge in [-0.15, -0.1) is 0 Å². The fraction of sp³-hybridized carbons (Fsp3) is 0.391. The average molecular weight is 469 g/mol. The van der Waals surface area contributed by atoms with Crippen molar-refractivity contribution in [2.45, 2.75) is 52.2 Å². The molecule has 0 radical (unpaired) electrons. The van der Waals surface area contributed by atoms with Crippen LogP contribution in [-0.2, 0) is 16.1 Å². The molecule has 0 bridgehead atoms. The van der Waals surface area contributed by atoms with E-state index in [9.17, 15) is 14.0 Å². The molecule has 0 unspecified atom stereocenters. The molecule has 2 rings (SSSR count). The first kappa shape index (κ1) is 25.0. The molecule has 0 aliphatic heterocycles. The van der Waals surface area contributed by atoms with Crippen LogP contribution in [0.5, 0.6) is 5.75 Å². The van der Waals surface area contributed by atoms with E-state index in [-0.39, 0.29) is 19.1 Å². The second-order valence-electron chi connectivity index (χ2n) is 8.13. The fourth-order valence-corrected chi connectivity index (χ4v) is 3.50. The van der Waals surface area contributed by atoms with E-state index in [4.69, 9.17) is 27.9 Å². The summed E-state index contributed by atoms with van der Waals surface area (Å²) in [5.74, 6) is -0.763. The van der Waals surface area contributed by atoms with E-state index in [1.54, 1.807) is 18.2 Å². The number of benzene rings is 2. The summed E-state index contributed by atoms with van der Waals surface area (Å²) in [6.45, 7) is 7.14. The van der Waals surface area contributed by atoms with Crippen molar-refractivity contribution >= 4 is 35.0 Å². The number of hydrogen-bond acceptors (Lipinski definition) is 3. The number of nitrogens with zero attached hydrogens (tertiary/aromatic N) is 1. The Morgan fingerprint density at radius 1 is 1.10 bits per heavy atom. The first-order valence-electron chi connectivity index (χ1n) is 9.94. The van der Waals surface area contributed by atoms with Crippen molar-refractivity contribution in [3.8, 4) is 5.75 Å². The molecule has 1 atom stereocenters. The number of rotatable bonds is 8. The van der Waals surface area contributed by atoms with Gasteiger partial charge in [-0.3, -0.25) is 9.59 Å². The Kier molecular flexibility index (Phi) is 8.71. The minimum Gasteiger partial charge on any atom is -0.484 e.